The number of carbonyl (C=O) groups is 2. The highest BCUT2D eigenvalue weighted by molar-refractivity contribution is 8.04. The average molecular weight is 356 g/mol. The van der Waals surface area contributed by atoms with Gasteiger partial charge in [-0.2, -0.15) is 0 Å². The summed E-state index contributed by atoms with van der Waals surface area (Å²) in [5.41, 5.74) is 2.59. The largest absolute Gasteiger partial charge is 0.289 e. The van der Waals surface area contributed by atoms with Crippen molar-refractivity contribution in [3.63, 3.8) is 0 Å². The summed E-state index contributed by atoms with van der Waals surface area (Å²) < 4.78 is 0. The third-order valence-electron chi connectivity index (χ3n) is 4.36. The molecule has 0 unspecified atom stereocenters. The van der Waals surface area contributed by atoms with E-state index in [-0.39, 0.29) is 11.6 Å². The first kappa shape index (κ1) is 16.6. The van der Waals surface area contributed by atoms with Crippen LogP contribution in [0.25, 0.3) is 0 Å². The van der Waals surface area contributed by atoms with Crippen LogP contribution in [0.3, 0.4) is 0 Å². The lowest BCUT2D eigenvalue weighted by Gasteiger charge is -2.21. The Labute approximate surface area is 156 Å². The molecule has 0 bridgehead atoms. The van der Waals surface area contributed by atoms with E-state index in [0.717, 1.165) is 10.5 Å². The van der Waals surface area contributed by atoms with E-state index in [2.05, 4.69) is 0 Å². The lowest BCUT2D eigenvalue weighted by molar-refractivity contribution is 0.0979. The maximum absolute atomic E-state index is 13.1. The molecule has 126 valence electrons. The van der Waals surface area contributed by atoms with E-state index < -0.39 is 0 Å². The summed E-state index contributed by atoms with van der Waals surface area (Å²) in [4.78, 5) is 27.8. The predicted octanol–water partition coefficient (Wildman–Crippen LogP) is 5.35. The van der Waals surface area contributed by atoms with E-state index in [1.165, 1.54) is 11.8 Å². The Morgan fingerprint density at radius 2 is 1.15 bits per heavy atom. The van der Waals surface area contributed by atoms with Gasteiger partial charge in [0, 0.05) is 28.0 Å². The van der Waals surface area contributed by atoms with Gasteiger partial charge in [-0.05, 0) is 17.7 Å². The van der Waals surface area contributed by atoms with Gasteiger partial charge in [0.15, 0.2) is 5.78 Å². The van der Waals surface area contributed by atoms with E-state index in [1.807, 2.05) is 60.7 Å². The Bertz CT molecular complexity index is 922. The Kier molecular flexibility index (Phi) is 4.55. The van der Waals surface area contributed by atoms with Gasteiger partial charge in [0.25, 0.3) is 0 Å². The average Bonchev–Trinajstić information content (AvgIpc) is 2.70. The van der Waals surface area contributed by atoms with Gasteiger partial charge in [0.2, 0.25) is 5.78 Å². The second-order valence-electron chi connectivity index (χ2n) is 6.09. The van der Waals surface area contributed by atoms with E-state index in [1.54, 1.807) is 24.3 Å². The van der Waals surface area contributed by atoms with E-state index >= 15 is 0 Å². The van der Waals surface area contributed by atoms with E-state index in [0.29, 0.717) is 28.0 Å². The normalized spacial score (nSPS) is 13.7. The zero-order valence-corrected chi connectivity index (χ0v) is 14.8. The van der Waals surface area contributed by atoms with Crippen LogP contribution in [0.15, 0.2) is 100 Å². The highest BCUT2D eigenvalue weighted by atomic mass is 32.2. The van der Waals surface area contributed by atoms with Gasteiger partial charge in [-0.1, -0.05) is 84.6 Å². The Morgan fingerprint density at radius 3 is 1.81 bits per heavy atom. The van der Waals surface area contributed by atoms with E-state index in [4.69, 9.17) is 0 Å². The van der Waals surface area contributed by atoms with Crippen LogP contribution in [0.1, 0.15) is 26.3 Å². The molecule has 0 fully saturated rings. The molecular weight excluding hydrogens is 340 g/mol. The molecule has 26 heavy (non-hydrogen) atoms. The molecule has 4 rings (SSSR count). The van der Waals surface area contributed by atoms with Crippen molar-refractivity contribution in [1.82, 2.24) is 0 Å². The molecule has 0 aliphatic heterocycles. The fourth-order valence-corrected chi connectivity index (χ4v) is 4.10. The van der Waals surface area contributed by atoms with Crippen molar-refractivity contribution in [2.45, 2.75) is 11.3 Å². The summed E-state index contributed by atoms with van der Waals surface area (Å²) >= 11 is 1.38. The maximum atomic E-state index is 13.1. The summed E-state index contributed by atoms with van der Waals surface area (Å²) in [7, 11) is 0. The molecule has 0 spiro atoms. The quantitative estimate of drug-likeness (QED) is 0.631. The molecule has 3 aromatic carbocycles. The molecule has 0 saturated heterocycles. The summed E-state index contributed by atoms with van der Waals surface area (Å²) in [6.45, 7) is 0. The number of rotatable bonds is 4. The van der Waals surface area contributed by atoms with Crippen molar-refractivity contribution in [3.05, 3.63) is 112 Å². The fourth-order valence-electron chi connectivity index (χ4n) is 3.08. The summed E-state index contributed by atoms with van der Waals surface area (Å²) in [6.07, 6.45) is 0.453. The first-order valence-electron chi connectivity index (χ1n) is 8.42. The Hall–Kier alpha value is -2.91. The van der Waals surface area contributed by atoms with Gasteiger partial charge < -0.3 is 0 Å². The van der Waals surface area contributed by atoms with Gasteiger partial charge in [-0.3, -0.25) is 9.59 Å². The number of ketones is 2. The smallest absolute Gasteiger partial charge is 0.200 e. The number of hydrogen-bond acceptors (Lipinski definition) is 3. The minimum Gasteiger partial charge on any atom is -0.289 e. The third kappa shape index (κ3) is 3.14. The van der Waals surface area contributed by atoms with Crippen molar-refractivity contribution in [2.75, 3.05) is 0 Å². The molecule has 0 heterocycles. The number of thioether (sulfide) groups is 1. The van der Waals surface area contributed by atoms with Crippen LogP contribution in [-0.2, 0) is 6.42 Å². The maximum Gasteiger partial charge on any atom is 0.200 e. The van der Waals surface area contributed by atoms with Gasteiger partial charge in [0.1, 0.15) is 0 Å². The zero-order valence-electron chi connectivity index (χ0n) is 14.0. The van der Waals surface area contributed by atoms with Crippen molar-refractivity contribution >= 4 is 23.3 Å². The van der Waals surface area contributed by atoms with Crippen LogP contribution in [-0.4, -0.2) is 11.6 Å². The minimum atomic E-state index is -0.0695. The highest BCUT2D eigenvalue weighted by Crippen LogP contribution is 2.38. The Balaban J connectivity index is 1.82. The molecule has 0 amide bonds. The number of Topliss-reactive ketones (excluding diaryl/α,β-unsaturated/α-hetero) is 2. The van der Waals surface area contributed by atoms with Crippen LogP contribution < -0.4 is 0 Å². The van der Waals surface area contributed by atoms with Crippen molar-refractivity contribution < 1.29 is 9.59 Å². The molecule has 1 aliphatic rings. The van der Waals surface area contributed by atoms with Crippen LogP contribution >= 0.6 is 11.8 Å². The summed E-state index contributed by atoms with van der Waals surface area (Å²) in [5, 5.41) is 0. The van der Waals surface area contributed by atoms with Crippen LogP contribution in [0, 0.1) is 0 Å². The molecule has 0 aromatic heterocycles. The number of allylic oxidation sites excluding steroid dienone is 2. The molecular formula is C23H16O2S. The first-order valence-corrected chi connectivity index (χ1v) is 9.24. The summed E-state index contributed by atoms with van der Waals surface area (Å²) in [6, 6.07) is 26.6. The number of fused-ring (bicyclic) bond motifs is 1. The predicted molar refractivity (Wildman–Crippen MR) is 105 cm³/mol. The van der Waals surface area contributed by atoms with Gasteiger partial charge in [-0.25, -0.2) is 0 Å². The number of benzene rings is 3. The lowest BCUT2D eigenvalue weighted by atomic mass is 9.86. The van der Waals surface area contributed by atoms with Gasteiger partial charge in [-0.15, -0.1) is 0 Å². The highest BCUT2D eigenvalue weighted by Gasteiger charge is 2.32. The number of carbonyl (C=O) groups excluding carboxylic acids is 2. The van der Waals surface area contributed by atoms with Crippen molar-refractivity contribution in [1.29, 1.82) is 0 Å². The molecule has 0 radical (unpaired) electrons. The standard InChI is InChI=1S/C23H16O2S/c24-21-18-13-7-8-14-19(18)22(25)23(26-17-11-5-2-6-12-17)20(21)15-16-9-3-1-4-10-16/h1-14H,15H2. The second-order valence-corrected chi connectivity index (χ2v) is 7.17. The van der Waals surface area contributed by atoms with Gasteiger partial charge >= 0.3 is 0 Å². The SMILES string of the molecule is O=C1C(Cc2ccccc2)=C(Sc2ccccc2)C(=O)c2ccccc21. The van der Waals surface area contributed by atoms with Crippen LogP contribution in [0.5, 0.6) is 0 Å². The van der Waals surface area contributed by atoms with Crippen molar-refractivity contribution in [3.8, 4) is 0 Å². The molecule has 1 aliphatic carbocycles. The third-order valence-corrected chi connectivity index (χ3v) is 5.50. The van der Waals surface area contributed by atoms with E-state index in [9.17, 15) is 9.59 Å². The zero-order chi connectivity index (χ0) is 17.9. The van der Waals surface area contributed by atoms with Gasteiger partial charge in [0.05, 0.1) is 4.91 Å². The molecule has 3 aromatic rings. The second kappa shape index (κ2) is 7.14. The topological polar surface area (TPSA) is 34.1 Å². The molecule has 0 N–H and O–H groups in total. The first-order chi connectivity index (χ1) is 12.7. The molecule has 0 saturated carbocycles. The number of hydrogen-bond donors (Lipinski definition) is 0. The molecule has 3 heteroatoms. The lowest BCUT2D eigenvalue weighted by Crippen LogP contribution is -2.22. The molecule has 0 atom stereocenters. The van der Waals surface area contributed by atoms with Crippen molar-refractivity contribution in [2.24, 2.45) is 0 Å². The van der Waals surface area contributed by atoms with Crippen LogP contribution in [0.2, 0.25) is 0 Å². The Morgan fingerprint density at radius 1 is 0.615 bits per heavy atom. The minimum absolute atomic E-state index is 0.0533. The summed E-state index contributed by atoms with van der Waals surface area (Å²) in [5.74, 6) is -0.123. The fraction of sp³-hybridized carbons (Fsp3) is 0.0435. The monoisotopic (exact) mass is 356 g/mol. The van der Waals surface area contributed by atoms with Crippen LogP contribution in [0.4, 0.5) is 0 Å². The molecule has 2 nitrogen and oxygen atoms in total.